The van der Waals surface area contributed by atoms with Crippen LogP contribution in [0.5, 0.6) is 5.88 Å². The van der Waals surface area contributed by atoms with Crippen LogP contribution in [0.1, 0.15) is 28.5 Å². The highest BCUT2D eigenvalue weighted by atomic mass is 19.4. The maximum absolute atomic E-state index is 14.8. The van der Waals surface area contributed by atoms with Gasteiger partial charge in [-0.05, 0) is 24.6 Å². The highest BCUT2D eigenvalue weighted by molar-refractivity contribution is 5.95. The maximum Gasteiger partial charge on any atom is 0.422 e. The normalized spacial score (nSPS) is 20.6. The van der Waals surface area contributed by atoms with Crippen LogP contribution >= 0.6 is 0 Å². The molecule has 1 aromatic heterocycles. The van der Waals surface area contributed by atoms with Gasteiger partial charge in [0.05, 0.1) is 12.4 Å². The highest BCUT2D eigenvalue weighted by Gasteiger charge is 2.54. The minimum absolute atomic E-state index is 0.173. The number of hydrogen-bond donors (Lipinski definition) is 1. The van der Waals surface area contributed by atoms with Crippen molar-refractivity contribution in [1.29, 1.82) is 0 Å². The molecule has 0 saturated carbocycles. The number of nitrogens with two attached hydrogens (primary N) is 1. The molecule has 0 spiro atoms. The highest BCUT2D eigenvalue weighted by Crippen LogP contribution is 2.43. The number of ketones is 1. The van der Waals surface area contributed by atoms with Crippen molar-refractivity contribution >= 4 is 11.6 Å². The van der Waals surface area contributed by atoms with Crippen molar-refractivity contribution in [3.05, 3.63) is 53.2 Å². The number of Topliss-reactive ketones (excluding diaryl/α,β-unsaturated/α-hetero) is 1. The van der Waals surface area contributed by atoms with Crippen molar-refractivity contribution in [3.63, 3.8) is 0 Å². The van der Waals surface area contributed by atoms with E-state index in [-0.39, 0.29) is 30.1 Å². The van der Waals surface area contributed by atoms with Crippen LogP contribution in [0.4, 0.5) is 26.3 Å². The summed E-state index contributed by atoms with van der Waals surface area (Å²) >= 11 is 0. The summed E-state index contributed by atoms with van der Waals surface area (Å²) in [6.45, 7) is -1.93. The van der Waals surface area contributed by atoms with Crippen molar-refractivity contribution in [3.8, 4) is 5.88 Å². The van der Waals surface area contributed by atoms with Gasteiger partial charge in [-0.2, -0.15) is 13.2 Å². The van der Waals surface area contributed by atoms with E-state index in [9.17, 15) is 31.1 Å². The number of nitrogens with zero attached hydrogens (tertiary/aromatic N) is 3. The van der Waals surface area contributed by atoms with Gasteiger partial charge in [0.25, 0.3) is 5.92 Å². The van der Waals surface area contributed by atoms with E-state index in [4.69, 9.17) is 10.5 Å². The number of ether oxygens (including phenoxy) is 2. The van der Waals surface area contributed by atoms with E-state index in [0.29, 0.717) is 0 Å². The number of benzene rings is 1. The lowest BCUT2D eigenvalue weighted by Gasteiger charge is -2.33. The van der Waals surface area contributed by atoms with Gasteiger partial charge in [-0.1, -0.05) is 6.07 Å². The summed E-state index contributed by atoms with van der Waals surface area (Å²) in [6, 6.07) is 3.24. The van der Waals surface area contributed by atoms with Crippen LogP contribution in [-0.2, 0) is 16.7 Å². The van der Waals surface area contributed by atoms with Gasteiger partial charge in [-0.3, -0.25) is 9.79 Å². The fraction of sp³-hybridized carbons (Fsp3) is 0.400. The fourth-order valence-electron chi connectivity index (χ4n) is 3.10. The molecule has 0 radical (unpaired) electrons. The predicted octanol–water partition coefficient (Wildman–Crippen LogP) is 3.22. The van der Waals surface area contributed by atoms with E-state index in [1.54, 1.807) is 0 Å². The summed E-state index contributed by atoms with van der Waals surface area (Å²) in [6.07, 6.45) is -3.18. The third-order valence-electron chi connectivity index (χ3n) is 4.83. The van der Waals surface area contributed by atoms with Crippen LogP contribution in [0.2, 0.25) is 0 Å². The molecule has 2 N–H and O–H groups in total. The summed E-state index contributed by atoms with van der Waals surface area (Å²) in [5.74, 6) is -5.88. The summed E-state index contributed by atoms with van der Waals surface area (Å²) in [4.78, 5) is 23.6. The summed E-state index contributed by atoms with van der Waals surface area (Å²) in [5.41, 5.74) is 2.71. The Balaban J connectivity index is 1.82. The first-order valence-corrected chi connectivity index (χ1v) is 9.44. The van der Waals surface area contributed by atoms with Gasteiger partial charge in [0, 0.05) is 12.0 Å². The lowest BCUT2D eigenvalue weighted by molar-refractivity contribution is -0.154. The standard InChI is InChI=1S/C20H18F6N4O3/c1-18(19(22,23)9-32-8-16(27)30-18)12-4-11(2-3-13(12)21)5-15(31)14-6-29-17(7-28-14)33-10-20(24,25)26/h2-4,6-7H,5,8-10H2,1H3,(H2,27,30)/t18-/m1/s1. The minimum atomic E-state index is -4.57. The third-order valence-corrected chi connectivity index (χ3v) is 4.83. The lowest BCUT2D eigenvalue weighted by Crippen LogP contribution is -2.45. The molecule has 1 aliphatic heterocycles. The van der Waals surface area contributed by atoms with E-state index >= 15 is 0 Å². The number of aliphatic imine (C=N–C) groups is 1. The van der Waals surface area contributed by atoms with Gasteiger partial charge in [-0.25, -0.2) is 23.1 Å². The largest absolute Gasteiger partial charge is 0.467 e. The van der Waals surface area contributed by atoms with Crippen LogP contribution < -0.4 is 10.5 Å². The Bertz CT molecular complexity index is 1060. The molecule has 2 heterocycles. The van der Waals surface area contributed by atoms with E-state index in [2.05, 4.69) is 19.7 Å². The van der Waals surface area contributed by atoms with Crippen molar-refractivity contribution in [2.24, 2.45) is 10.7 Å². The van der Waals surface area contributed by atoms with Crippen LogP contribution in [-0.4, -0.2) is 53.5 Å². The molecule has 13 heteroatoms. The molecule has 178 valence electrons. The maximum atomic E-state index is 14.8. The number of halogens is 6. The van der Waals surface area contributed by atoms with Crippen LogP contribution in [0.3, 0.4) is 0 Å². The Morgan fingerprint density at radius 3 is 2.61 bits per heavy atom. The van der Waals surface area contributed by atoms with Gasteiger partial charge in [0.2, 0.25) is 5.88 Å². The molecule has 0 bridgehead atoms. The fourth-order valence-corrected chi connectivity index (χ4v) is 3.10. The monoisotopic (exact) mass is 476 g/mol. The number of alkyl halides is 5. The topological polar surface area (TPSA) is 99.7 Å². The van der Waals surface area contributed by atoms with Crippen molar-refractivity contribution in [2.45, 2.75) is 31.0 Å². The number of carbonyl (C=O) groups excluding carboxylic acids is 1. The SMILES string of the molecule is C[C@]1(c2cc(CC(=O)c3cnc(OCC(F)(F)F)cn3)ccc2F)N=C(N)COCC1(F)F. The van der Waals surface area contributed by atoms with Crippen LogP contribution in [0.15, 0.2) is 35.6 Å². The molecule has 7 nitrogen and oxygen atoms in total. The molecular formula is C20H18F6N4O3. The Hall–Kier alpha value is -3.22. The van der Waals surface area contributed by atoms with Gasteiger partial charge < -0.3 is 15.2 Å². The molecule has 33 heavy (non-hydrogen) atoms. The zero-order chi connectivity index (χ0) is 24.4. The molecule has 1 atom stereocenters. The van der Waals surface area contributed by atoms with E-state index in [0.717, 1.165) is 31.5 Å². The molecule has 0 fully saturated rings. The Kier molecular flexibility index (Phi) is 6.63. The predicted molar refractivity (Wildman–Crippen MR) is 103 cm³/mol. The molecule has 0 unspecified atom stereocenters. The second-order valence-corrected chi connectivity index (χ2v) is 7.43. The molecule has 0 aliphatic carbocycles. The van der Waals surface area contributed by atoms with E-state index in [1.165, 1.54) is 6.07 Å². The smallest absolute Gasteiger partial charge is 0.422 e. The number of amidine groups is 1. The van der Waals surface area contributed by atoms with Gasteiger partial charge in [0.1, 0.15) is 30.6 Å². The average molecular weight is 476 g/mol. The number of hydrogen-bond acceptors (Lipinski definition) is 7. The zero-order valence-corrected chi connectivity index (χ0v) is 17.1. The molecule has 0 amide bonds. The second-order valence-electron chi connectivity index (χ2n) is 7.43. The number of carbonyl (C=O) groups is 1. The molecule has 0 saturated heterocycles. The first-order chi connectivity index (χ1) is 15.3. The average Bonchev–Trinajstić information content (AvgIpc) is 2.83. The summed E-state index contributed by atoms with van der Waals surface area (Å²) in [5, 5.41) is 0. The first-order valence-electron chi connectivity index (χ1n) is 9.44. The van der Waals surface area contributed by atoms with E-state index < -0.39 is 53.9 Å². The Labute approximate surface area is 183 Å². The molecule has 1 aromatic carbocycles. The van der Waals surface area contributed by atoms with Gasteiger partial charge in [-0.15, -0.1) is 0 Å². The van der Waals surface area contributed by atoms with Crippen LogP contribution in [0, 0.1) is 5.82 Å². The van der Waals surface area contributed by atoms with Gasteiger partial charge >= 0.3 is 6.18 Å². The van der Waals surface area contributed by atoms with Gasteiger partial charge in [0.15, 0.2) is 17.9 Å². The Morgan fingerprint density at radius 2 is 1.97 bits per heavy atom. The molecule has 1 aliphatic rings. The minimum Gasteiger partial charge on any atom is -0.467 e. The quantitative estimate of drug-likeness (QED) is 0.508. The van der Waals surface area contributed by atoms with Crippen LogP contribution in [0.25, 0.3) is 0 Å². The first kappa shape index (κ1) is 24.4. The van der Waals surface area contributed by atoms with E-state index in [1.807, 2.05) is 0 Å². The molecule has 3 rings (SSSR count). The zero-order valence-electron chi connectivity index (χ0n) is 17.1. The lowest BCUT2D eigenvalue weighted by atomic mass is 9.84. The molecular weight excluding hydrogens is 458 g/mol. The van der Waals surface area contributed by atoms with Crippen molar-refractivity contribution < 1.29 is 40.6 Å². The third kappa shape index (κ3) is 5.59. The Morgan fingerprint density at radius 1 is 1.24 bits per heavy atom. The summed E-state index contributed by atoms with van der Waals surface area (Å²) < 4.78 is 89.9. The van der Waals surface area contributed by atoms with Crippen molar-refractivity contribution in [2.75, 3.05) is 19.8 Å². The number of rotatable bonds is 6. The second kappa shape index (κ2) is 8.96. The summed E-state index contributed by atoms with van der Waals surface area (Å²) in [7, 11) is 0. The van der Waals surface area contributed by atoms with Crippen molar-refractivity contribution in [1.82, 2.24) is 9.97 Å². The number of aromatic nitrogens is 2. The molecule has 2 aromatic rings.